The summed E-state index contributed by atoms with van der Waals surface area (Å²) in [6, 6.07) is 0. The molecule has 0 radical (unpaired) electrons. The van der Waals surface area contributed by atoms with Gasteiger partial charge in [0.15, 0.2) is 0 Å². The third kappa shape index (κ3) is 0.754. The summed E-state index contributed by atoms with van der Waals surface area (Å²) in [6.45, 7) is 13.7. The summed E-state index contributed by atoms with van der Waals surface area (Å²) >= 11 is 0. The Bertz CT molecular complexity index is 108. The quantitative estimate of drug-likeness (QED) is 0.433. The molecule has 0 aromatic carbocycles. The van der Waals surface area contributed by atoms with Crippen LogP contribution >= 0.6 is 0 Å². The standard InChI is InChI=1S/C7H16B2/c1-6-8(4)7(2,3)9(6)5/h6H,1-5H3. The predicted octanol–water partition coefficient (Wildman–Crippen LogP) is 2.50. The van der Waals surface area contributed by atoms with Crippen molar-refractivity contribution in [3.05, 3.63) is 0 Å². The van der Waals surface area contributed by atoms with Gasteiger partial charge in [0, 0.05) is 0 Å². The van der Waals surface area contributed by atoms with Crippen LogP contribution in [0.5, 0.6) is 0 Å². The fraction of sp³-hybridized carbons (Fsp3) is 1.00. The minimum Gasteiger partial charge on any atom is -0.0865 e. The Hall–Kier alpha value is 0.130. The highest BCUT2D eigenvalue weighted by Gasteiger charge is 2.52. The van der Waals surface area contributed by atoms with Crippen LogP contribution in [0.1, 0.15) is 20.8 Å². The van der Waals surface area contributed by atoms with Crippen LogP contribution in [0, 0.1) is 0 Å². The molecule has 1 saturated heterocycles. The molecule has 50 valence electrons. The number of hydrogen-bond acceptors (Lipinski definition) is 0. The maximum Gasteiger partial charge on any atom is 0.130 e. The van der Waals surface area contributed by atoms with E-state index in [1.165, 1.54) is 0 Å². The van der Waals surface area contributed by atoms with Gasteiger partial charge in [-0.1, -0.05) is 45.3 Å². The van der Waals surface area contributed by atoms with E-state index in [1.807, 2.05) is 0 Å². The van der Waals surface area contributed by atoms with E-state index in [9.17, 15) is 0 Å². The normalized spacial score (nSPS) is 26.3. The van der Waals surface area contributed by atoms with Crippen LogP contribution in [0.25, 0.3) is 0 Å². The lowest BCUT2D eigenvalue weighted by atomic mass is 8.94. The molecule has 1 aliphatic rings. The highest BCUT2D eigenvalue weighted by atomic mass is 14.2. The summed E-state index contributed by atoms with van der Waals surface area (Å²) in [5.41, 5.74) is 0.944. The second-order valence-corrected chi connectivity index (χ2v) is 4.26. The molecule has 0 unspecified atom stereocenters. The molecule has 0 bridgehead atoms. The first-order valence-electron chi connectivity index (χ1n) is 3.98. The average molecular weight is 122 g/mol. The molecular weight excluding hydrogens is 106 g/mol. The van der Waals surface area contributed by atoms with Crippen molar-refractivity contribution in [3.63, 3.8) is 0 Å². The largest absolute Gasteiger partial charge is 0.130 e. The predicted molar refractivity (Wildman–Crippen MR) is 46.7 cm³/mol. The van der Waals surface area contributed by atoms with Crippen LogP contribution in [0.3, 0.4) is 0 Å². The third-order valence-electron chi connectivity index (χ3n) is 3.92. The van der Waals surface area contributed by atoms with Crippen LogP contribution in [0.15, 0.2) is 0 Å². The highest BCUT2D eigenvalue weighted by Crippen LogP contribution is 2.51. The zero-order valence-electron chi connectivity index (χ0n) is 7.23. The molecule has 1 aliphatic heterocycles. The first-order valence-corrected chi connectivity index (χ1v) is 3.98. The lowest BCUT2D eigenvalue weighted by molar-refractivity contribution is 0.813. The number of hydrogen-bond donors (Lipinski definition) is 0. The summed E-state index contributed by atoms with van der Waals surface area (Å²) < 4.78 is 0. The van der Waals surface area contributed by atoms with Crippen LogP contribution in [-0.4, -0.2) is 13.4 Å². The van der Waals surface area contributed by atoms with Gasteiger partial charge >= 0.3 is 0 Å². The van der Waals surface area contributed by atoms with Crippen LogP contribution in [0.4, 0.5) is 0 Å². The van der Waals surface area contributed by atoms with E-state index in [0.29, 0.717) is 5.21 Å². The van der Waals surface area contributed by atoms with E-state index in [-0.39, 0.29) is 0 Å². The van der Waals surface area contributed by atoms with Gasteiger partial charge < -0.3 is 0 Å². The minimum absolute atomic E-state index is 0.611. The Morgan fingerprint density at radius 1 is 1.11 bits per heavy atom. The van der Waals surface area contributed by atoms with Crippen molar-refractivity contribution in [2.45, 2.75) is 45.3 Å². The highest BCUT2D eigenvalue weighted by molar-refractivity contribution is 7.00. The van der Waals surface area contributed by atoms with E-state index in [1.54, 1.807) is 0 Å². The van der Waals surface area contributed by atoms with Gasteiger partial charge in [0.2, 0.25) is 0 Å². The molecule has 9 heavy (non-hydrogen) atoms. The molecule has 0 saturated carbocycles. The Morgan fingerprint density at radius 3 is 1.56 bits per heavy atom. The van der Waals surface area contributed by atoms with E-state index in [4.69, 9.17) is 0 Å². The molecule has 0 spiro atoms. The van der Waals surface area contributed by atoms with Gasteiger partial charge in [0.1, 0.15) is 13.4 Å². The molecule has 0 atom stereocenters. The maximum absolute atomic E-state index is 2.38. The van der Waals surface area contributed by atoms with E-state index < -0.39 is 0 Å². The van der Waals surface area contributed by atoms with Crippen molar-refractivity contribution < 1.29 is 0 Å². The van der Waals surface area contributed by atoms with Crippen molar-refractivity contribution >= 4 is 13.4 Å². The number of rotatable bonds is 0. The monoisotopic (exact) mass is 122 g/mol. The van der Waals surface area contributed by atoms with E-state index in [0.717, 1.165) is 19.1 Å². The molecule has 0 N–H and O–H groups in total. The van der Waals surface area contributed by atoms with Crippen LogP contribution < -0.4 is 0 Å². The molecule has 1 heterocycles. The van der Waals surface area contributed by atoms with Gasteiger partial charge in [-0.05, 0) is 0 Å². The van der Waals surface area contributed by atoms with Crippen molar-refractivity contribution in [1.29, 1.82) is 0 Å². The lowest BCUT2D eigenvalue weighted by Gasteiger charge is -2.51. The van der Waals surface area contributed by atoms with Crippen LogP contribution in [0.2, 0.25) is 24.6 Å². The van der Waals surface area contributed by atoms with Crippen LogP contribution in [-0.2, 0) is 0 Å². The molecule has 1 fully saturated rings. The average Bonchev–Trinajstić information content (AvgIpc) is 1.84. The topological polar surface area (TPSA) is 0 Å². The maximum atomic E-state index is 2.38. The third-order valence-corrected chi connectivity index (χ3v) is 3.92. The Labute approximate surface area is 59.6 Å². The van der Waals surface area contributed by atoms with Gasteiger partial charge in [0.25, 0.3) is 0 Å². The molecule has 0 amide bonds. The molecular formula is C7H16B2. The smallest absolute Gasteiger partial charge is 0.0865 e. The Morgan fingerprint density at radius 2 is 1.44 bits per heavy atom. The Balaban J connectivity index is 2.62. The zero-order chi connectivity index (χ0) is 7.23. The molecule has 0 nitrogen and oxygen atoms in total. The van der Waals surface area contributed by atoms with Crippen molar-refractivity contribution in [3.8, 4) is 0 Å². The fourth-order valence-corrected chi connectivity index (χ4v) is 2.08. The second-order valence-electron chi connectivity index (χ2n) is 4.26. The van der Waals surface area contributed by atoms with Crippen molar-refractivity contribution in [2.24, 2.45) is 0 Å². The second kappa shape index (κ2) is 1.81. The zero-order valence-corrected chi connectivity index (χ0v) is 7.23. The molecule has 0 aromatic rings. The first kappa shape index (κ1) is 7.24. The first-order chi connectivity index (χ1) is 3.98. The summed E-state index contributed by atoms with van der Waals surface area (Å²) in [5.74, 6) is 0. The summed E-state index contributed by atoms with van der Waals surface area (Å²) in [4.78, 5) is 0. The van der Waals surface area contributed by atoms with Crippen molar-refractivity contribution in [2.75, 3.05) is 0 Å². The SMILES string of the molecule is CB1C(C)B(C)C1(C)C. The van der Waals surface area contributed by atoms with Gasteiger partial charge in [-0.25, -0.2) is 0 Å². The van der Waals surface area contributed by atoms with Gasteiger partial charge in [0.05, 0.1) is 0 Å². The molecule has 1 rings (SSSR count). The van der Waals surface area contributed by atoms with Gasteiger partial charge in [-0.2, -0.15) is 0 Å². The minimum atomic E-state index is 0.611. The summed E-state index contributed by atoms with van der Waals surface area (Å²) in [5, 5.41) is 0.611. The van der Waals surface area contributed by atoms with E-state index >= 15 is 0 Å². The van der Waals surface area contributed by atoms with Gasteiger partial charge in [-0.3, -0.25) is 0 Å². The molecule has 0 aliphatic carbocycles. The molecule has 0 aromatic heterocycles. The fourth-order valence-electron chi connectivity index (χ4n) is 2.08. The van der Waals surface area contributed by atoms with E-state index in [2.05, 4.69) is 34.4 Å². The summed E-state index contributed by atoms with van der Waals surface area (Å²) in [6.07, 6.45) is 0. The lowest BCUT2D eigenvalue weighted by Crippen LogP contribution is -2.56. The summed E-state index contributed by atoms with van der Waals surface area (Å²) in [7, 11) is 0. The van der Waals surface area contributed by atoms with Crippen molar-refractivity contribution in [1.82, 2.24) is 0 Å². The van der Waals surface area contributed by atoms with Gasteiger partial charge in [-0.15, -0.1) is 0 Å². The Kier molecular flexibility index (Phi) is 1.45. The molecule has 2 heteroatoms.